The molecule has 0 fully saturated rings. The topological polar surface area (TPSA) is 101 Å². The Kier molecular flexibility index (Phi) is 7.58. The van der Waals surface area contributed by atoms with E-state index in [1.165, 1.54) is 21.2 Å². The summed E-state index contributed by atoms with van der Waals surface area (Å²) in [5.41, 5.74) is 7.06. The van der Waals surface area contributed by atoms with Crippen molar-refractivity contribution in [3.63, 3.8) is 0 Å². The van der Waals surface area contributed by atoms with Gasteiger partial charge in [-0.2, -0.15) is 0 Å². The van der Waals surface area contributed by atoms with Gasteiger partial charge in [0.1, 0.15) is 5.82 Å². The second-order valence-electron chi connectivity index (χ2n) is 8.06. The van der Waals surface area contributed by atoms with Crippen LogP contribution in [0, 0.1) is 12.8 Å². The third-order valence-electron chi connectivity index (χ3n) is 4.90. The molecule has 0 aliphatic carbocycles. The van der Waals surface area contributed by atoms with Crippen molar-refractivity contribution in [1.29, 1.82) is 0 Å². The molecule has 1 amide bonds. The van der Waals surface area contributed by atoms with Crippen molar-refractivity contribution < 1.29 is 4.79 Å². The number of rotatable bonds is 8. The molecule has 0 saturated carbocycles. The Morgan fingerprint density at radius 3 is 2.38 bits per heavy atom. The SMILES string of the molecule is Cc1ccc(SCC(=O)N(CC(C)C)c2c(N)n(Cc3ccccc3)c(=O)[nH]c2=O)cc1. The zero-order chi connectivity index (χ0) is 23.3. The van der Waals surface area contributed by atoms with Gasteiger partial charge < -0.3 is 10.6 Å². The number of amides is 1. The average molecular weight is 453 g/mol. The standard InChI is InChI=1S/C24H28N4O3S/c1-16(2)13-27(20(29)15-32-19-11-9-17(3)10-12-19)21-22(25)28(24(31)26-23(21)30)14-18-7-5-4-6-8-18/h4-12,16H,13-15,25H2,1-3H3,(H,26,30,31). The number of carbonyl (C=O) groups is 1. The van der Waals surface area contributed by atoms with Crippen LogP contribution in [0.1, 0.15) is 25.0 Å². The molecule has 3 N–H and O–H groups in total. The number of nitrogens with one attached hydrogen (secondary N) is 1. The zero-order valence-corrected chi connectivity index (χ0v) is 19.3. The fraction of sp³-hybridized carbons (Fsp3) is 0.292. The number of aryl methyl sites for hydroxylation is 1. The predicted molar refractivity (Wildman–Crippen MR) is 130 cm³/mol. The van der Waals surface area contributed by atoms with Gasteiger partial charge >= 0.3 is 5.69 Å². The molecule has 0 bridgehead atoms. The molecule has 7 nitrogen and oxygen atoms in total. The van der Waals surface area contributed by atoms with E-state index >= 15 is 0 Å². The Labute approximate surface area is 191 Å². The van der Waals surface area contributed by atoms with Crippen molar-refractivity contribution in [2.75, 3.05) is 22.9 Å². The molecule has 8 heteroatoms. The number of hydrogen-bond acceptors (Lipinski definition) is 5. The summed E-state index contributed by atoms with van der Waals surface area (Å²) in [4.78, 5) is 43.1. The Balaban J connectivity index is 1.94. The van der Waals surface area contributed by atoms with Gasteiger partial charge in [0.25, 0.3) is 5.56 Å². The predicted octanol–water partition coefficient (Wildman–Crippen LogP) is 3.26. The molecule has 3 aromatic rings. The monoisotopic (exact) mass is 452 g/mol. The van der Waals surface area contributed by atoms with Gasteiger partial charge in [0.05, 0.1) is 12.3 Å². The summed E-state index contributed by atoms with van der Waals surface area (Å²) >= 11 is 1.40. The Morgan fingerprint density at radius 2 is 1.75 bits per heavy atom. The molecule has 0 atom stereocenters. The lowest BCUT2D eigenvalue weighted by Gasteiger charge is -2.26. The lowest BCUT2D eigenvalue weighted by Crippen LogP contribution is -2.43. The molecule has 2 aromatic carbocycles. The number of benzene rings is 2. The van der Waals surface area contributed by atoms with Crippen LogP contribution in [0.25, 0.3) is 0 Å². The minimum Gasteiger partial charge on any atom is -0.383 e. The van der Waals surface area contributed by atoms with Crippen molar-refractivity contribution in [2.45, 2.75) is 32.2 Å². The number of aromatic nitrogens is 2. The number of H-pyrrole nitrogens is 1. The van der Waals surface area contributed by atoms with Gasteiger partial charge in [-0.3, -0.25) is 19.1 Å². The highest BCUT2D eigenvalue weighted by molar-refractivity contribution is 8.00. The van der Waals surface area contributed by atoms with E-state index in [0.717, 1.165) is 16.0 Å². The number of hydrogen-bond donors (Lipinski definition) is 2. The van der Waals surface area contributed by atoms with E-state index in [-0.39, 0.29) is 35.6 Å². The van der Waals surface area contributed by atoms with Crippen molar-refractivity contribution in [1.82, 2.24) is 9.55 Å². The lowest BCUT2D eigenvalue weighted by atomic mass is 10.2. The van der Waals surface area contributed by atoms with E-state index in [2.05, 4.69) is 4.98 Å². The van der Waals surface area contributed by atoms with Crippen LogP contribution in [0.2, 0.25) is 0 Å². The molecule has 0 unspecified atom stereocenters. The number of aromatic amines is 1. The van der Waals surface area contributed by atoms with Crippen LogP contribution in [0.5, 0.6) is 0 Å². The van der Waals surface area contributed by atoms with Crippen LogP contribution in [0.3, 0.4) is 0 Å². The summed E-state index contributed by atoms with van der Waals surface area (Å²) in [7, 11) is 0. The molecule has 0 spiro atoms. The Morgan fingerprint density at radius 1 is 1.09 bits per heavy atom. The normalized spacial score (nSPS) is 11.0. The summed E-state index contributed by atoms with van der Waals surface area (Å²) in [6.07, 6.45) is 0. The molecule has 1 aromatic heterocycles. The summed E-state index contributed by atoms with van der Waals surface area (Å²) in [5, 5.41) is 0. The maximum Gasteiger partial charge on any atom is 0.330 e. The molecule has 0 aliphatic rings. The molecule has 32 heavy (non-hydrogen) atoms. The fourth-order valence-electron chi connectivity index (χ4n) is 3.30. The summed E-state index contributed by atoms with van der Waals surface area (Å²) in [6, 6.07) is 17.2. The highest BCUT2D eigenvalue weighted by atomic mass is 32.2. The van der Waals surface area contributed by atoms with Gasteiger partial charge in [-0.25, -0.2) is 4.79 Å². The number of thioether (sulfide) groups is 1. The van der Waals surface area contributed by atoms with E-state index in [1.807, 2.05) is 75.4 Å². The van der Waals surface area contributed by atoms with E-state index in [1.54, 1.807) is 0 Å². The highest BCUT2D eigenvalue weighted by Gasteiger charge is 2.25. The first kappa shape index (κ1) is 23.4. The van der Waals surface area contributed by atoms with Crippen molar-refractivity contribution in [3.05, 3.63) is 86.6 Å². The molecule has 0 aliphatic heterocycles. The van der Waals surface area contributed by atoms with Crippen LogP contribution < -0.4 is 21.9 Å². The highest BCUT2D eigenvalue weighted by Crippen LogP contribution is 2.23. The van der Waals surface area contributed by atoms with E-state index < -0.39 is 11.2 Å². The maximum atomic E-state index is 13.2. The van der Waals surface area contributed by atoms with Crippen LogP contribution in [-0.2, 0) is 11.3 Å². The minimum absolute atomic E-state index is 0.0167. The molecular formula is C24H28N4O3S. The molecule has 0 saturated heterocycles. The average Bonchev–Trinajstić information content (AvgIpc) is 2.75. The van der Waals surface area contributed by atoms with Crippen LogP contribution in [0.15, 0.2) is 69.1 Å². The van der Waals surface area contributed by atoms with Gasteiger partial charge in [-0.05, 0) is 30.5 Å². The first-order chi connectivity index (χ1) is 15.3. The minimum atomic E-state index is -0.661. The number of carbonyl (C=O) groups excluding carboxylic acids is 1. The number of nitrogens with zero attached hydrogens (tertiary/aromatic N) is 2. The maximum absolute atomic E-state index is 13.2. The molecule has 3 rings (SSSR count). The first-order valence-electron chi connectivity index (χ1n) is 10.4. The number of nitrogen functional groups attached to an aromatic ring is 1. The van der Waals surface area contributed by atoms with Crippen molar-refractivity contribution in [3.8, 4) is 0 Å². The fourth-order valence-corrected chi connectivity index (χ4v) is 4.08. The van der Waals surface area contributed by atoms with Crippen molar-refractivity contribution in [2.24, 2.45) is 5.92 Å². The largest absolute Gasteiger partial charge is 0.383 e. The molecular weight excluding hydrogens is 424 g/mol. The van der Waals surface area contributed by atoms with Gasteiger partial charge in [-0.1, -0.05) is 61.9 Å². The van der Waals surface area contributed by atoms with E-state index in [9.17, 15) is 14.4 Å². The van der Waals surface area contributed by atoms with Gasteiger partial charge in [0.15, 0.2) is 5.69 Å². The van der Waals surface area contributed by atoms with E-state index in [0.29, 0.717) is 6.54 Å². The lowest BCUT2D eigenvalue weighted by molar-refractivity contribution is -0.116. The summed E-state index contributed by atoms with van der Waals surface area (Å²) in [5.74, 6) is -0.0214. The van der Waals surface area contributed by atoms with Gasteiger partial charge in [-0.15, -0.1) is 11.8 Å². The Hall–Kier alpha value is -3.26. The molecule has 168 valence electrons. The first-order valence-corrected chi connectivity index (χ1v) is 11.4. The smallest absolute Gasteiger partial charge is 0.330 e. The zero-order valence-electron chi connectivity index (χ0n) is 18.5. The van der Waals surface area contributed by atoms with Crippen molar-refractivity contribution >= 4 is 29.2 Å². The van der Waals surface area contributed by atoms with Gasteiger partial charge in [0, 0.05) is 11.4 Å². The quantitative estimate of drug-likeness (QED) is 0.511. The molecule has 1 heterocycles. The third-order valence-corrected chi connectivity index (χ3v) is 5.90. The third kappa shape index (κ3) is 5.70. The number of anilines is 2. The van der Waals surface area contributed by atoms with Crippen LogP contribution in [-0.4, -0.2) is 27.8 Å². The van der Waals surface area contributed by atoms with Crippen LogP contribution >= 0.6 is 11.8 Å². The molecule has 0 radical (unpaired) electrons. The van der Waals surface area contributed by atoms with Crippen LogP contribution in [0.4, 0.5) is 11.5 Å². The summed E-state index contributed by atoms with van der Waals surface area (Å²) < 4.78 is 1.29. The second kappa shape index (κ2) is 10.4. The number of nitrogens with two attached hydrogens (primary N) is 1. The Bertz CT molecular complexity index is 1180. The summed E-state index contributed by atoms with van der Waals surface area (Å²) in [6.45, 7) is 6.42. The second-order valence-corrected chi connectivity index (χ2v) is 9.11. The van der Waals surface area contributed by atoms with Gasteiger partial charge in [0.2, 0.25) is 5.91 Å². The van der Waals surface area contributed by atoms with E-state index in [4.69, 9.17) is 5.73 Å².